The molecular formula is C34H40N4O2. The quantitative estimate of drug-likeness (QED) is 0.296. The van der Waals surface area contributed by atoms with Gasteiger partial charge < -0.3 is 9.64 Å². The van der Waals surface area contributed by atoms with E-state index in [1.807, 2.05) is 18.3 Å². The van der Waals surface area contributed by atoms with Gasteiger partial charge in [-0.25, -0.2) is 0 Å². The Balaban J connectivity index is 1.19. The fourth-order valence-electron chi connectivity index (χ4n) is 6.78. The first-order valence-corrected chi connectivity index (χ1v) is 15.2. The Labute approximate surface area is 237 Å². The molecule has 208 valence electrons. The fraction of sp³-hybridized carbons (Fsp3) is 0.500. The highest BCUT2D eigenvalue weighted by Crippen LogP contribution is 2.39. The Hall–Kier alpha value is -3.59. The van der Waals surface area contributed by atoms with Crippen molar-refractivity contribution < 1.29 is 9.53 Å². The molecule has 0 aliphatic heterocycles. The number of nitriles is 1. The van der Waals surface area contributed by atoms with E-state index in [1.54, 1.807) is 7.11 Å². The van der Waals surface area contributed by atoms with E-state index in [-0.39, 0.29) is 5.92 Å². The second-order valence-electron chi connectivity index (χ2n) is 12.1. The molecule has 3 aliphatic carbocycles. The number of carbonyl (C=O) groups is 1. The molecule has 6 rings (SSSR count). The van der Waals surface area contributed by atoms with Crippen molar-refractivity contribution in [3.63, 3.8) is 0 Å². The average molecular weight is 537 g/mol. The van der Waals surface area contributed by atoms with Gasteiger partial charge in [0.2, 0.25) is 5.91 Å². The third kappa shape index (κ3) is 5.80. The summed E-state index contributed by atoms with van der Waals surface area (Å²) in [6, 6.07) is 17.4. The van der Waals surface area contributed by atoms with Gasteiger partial charge in [0.05, 0.1) is 24.9 Å². The molecule has 0 bridgehead atoms. The molecule has 3 fully saturated rings. The van der Waals surface area contributed by atoms with Crippen LogP contribution in [-0.4, -0.2) is 29.3 Å². The molecule has 1 amide bonds. The van der Waals surface area contributed by atoms with Crippen molar-refractivity contribution in [2.75, 3.05) is 18.6 Å². The van der Waals surface area contributed by atoms with Crippen LogP contribution in [0.3, 0.4) is 0 Å². The number of ether oxygens (including phenoxy) is 1. The number of carbonyl (C=O) groups excluding carboxylic acids is 1. The molecule has 0 radical (unpaired) electrons. The minimum atomic E-state index is 0.134. The van der Waals surface area contributed by atoms with E-state index in [4.69, 9.17) is 4.74 Å². The highest BCUT2D eigenvalue weighted by molar-refractivity contribution is 5.95. The van der Waals surface area contributed by atoms with Crippen molar-refractivity contribution in [1.82, 2.24) is 9.78 Å². The standard InChI is InChI=1S/C34H40N4O2/c1-40-33-17-14-28(18-29(33)20-35)25-12-10-24(11-13-25)22-37(34(39)26-6-3-2-4-7-26)32-9-5-8-27(19-32)30-21-36-38(23-30)31-15-16-31/h5,8-9,14,17-19,21,23-26,31H,2-4,6-7,10-13,15-16,22H2,1H3. The van der Waals surface area contributed by atoms with E-state index in [9.17, 15) is 10.1 Å². The van der Waals surface area contributed by atoms with Gasteiger partial charge >= 0.3 is 0 Å². The van der Waals surface area contributed by atoms with Crippen LogP contribution in [0.4, 0.5) is 5.69 Å². The zero-order valence-electron chi connectivity index (χ0n) is 23.6. The lowest BCUT2D eigenvalue weighted by atomic mass is 9.78. The number of anilines is 1. The lowest BCUT2D eigenvalue weighted by molar-refractivity contribution is -0.123. The van der Waals surface area contributed by atoms with Gasteiger partial charge in [0.15, 0.2) is 0 Å². The van der Waals surface area contributed by atoms with Crippen LogP contribution in [0.5, 0.6) is 5.75 Å². The number of benzene rings is 2. The molecule has 6 heteroatoms. The van der Waals surface area contributed by atoms with Gasteiger partial charge in [-0.2, -0.15) is 10.4 Å². The molecular weight excluding hydrogens is 496 g/mol. The number of nitrogens with zero attached hydrogens (tertiary/aromatic N) is 4. The van der Waals surface area contributed by atoms with Crippen molar-refractivity contribution in [1.29, 1.82) is 5.26 Å². The molecule has 0 atom stereocenters. The Morgan fingerprint density at radius 1 is 1.00 bits per heavy atom. The summed E-state index contributed by atoms with van der Waals surface area (Å²) in [5.74, 6) is 2.00. The first-order chi connectivity index (χ1) is 19.6. The molecule has 40 heavy (non-hydrogen) atoms. The van der Waals surface area contributed by atoms with E-state index in [0.29, 0.717) is 35.1 Å². The molecule has 1 aromatic heterocycles. The Morgan fingerprint density at radius 2 is 1.80 bits per heavy atom. The lowest BCUT2D eigenvalue weighted by Crippen LogP contribution is -2.41. The predicted molar refractivity (Wildman–Crippen MR) is 157 cm³/mol. The monoisotopic (exact) mass is 536 g/mol. The molecule has 6 nitrogen and oxygen atoms in total. The Morgan fingerprint density at radius 3 is 2.52 bits per heavy atom. The van der Waals surface area contributed by atoms with Crippen molar-refractivity contribution in [2.24, 2.45) is 11.8 Å². The van der Waals surface area contributed by atoms with E-state index in [1.165, 1.54) is 24.8 Å². The number of aromatic nitrogens is 2. The summed E-state index contributed by atoms with van der Waals surface area (Å²) in [6.07, 6.45) is 16.4. The molecule has 0 N–H and O–H groups in total. The molecule has 3 saturated carbocycles. The van der Waals surface area contributed by atoms with Crippen LogP contribution in [0.2, 0.25) is 0 Å². The molecule has 0 spiro atoms. The van der Waals surface area contributed by atoms with Gasteiger partial charge in [-0.3, -0.25) is 9.48 Å². The van der Waals surface area contributed by atoms with Crippen LogP contribution in [0.25, 0.3) is 11.1 Å². The highest BCUT2D eigenvalue weighted by Gasteiger charge is 2.31. The van der Waals surface area contributed by atoms with Gasteiger partial charge in [0.25, 0.3) is 0 Å². The van der Waals surface area contributed by atoms with Crippen LogP contribution in [0, 0.1) is 23.2 Å². The largest absolute Gasteiger partial charge is 0.495 e. The zero-order chi connectivity index (χ0) is 27.5. The molecule has 0 saturated heterocycles. The topological polar surface area (TPSA) is 71.2 Å². The van der Waals surface area contributed by atoms with Crippen molar-refractivity contribution in [3.05, 3.63) is 66.0 Å². The second-order valence-corrected chi connectivity index (χ2v) is 12.1. The summed E-state index contributed by atoms with van der Waals surface area (Å²) in [6.45, 7) is 0.777. The summed E-state index contributed by atoms with van der Waals surface area (Å²) in [5.41, 5.74) is 5.10. The van der Waals surface area contributed by atoms with Crippen molar-refractivity contribution in [2.45, 2.75) is 82.6 Å². The van der Waals surface area contributed by atoms with Gasteiger partial charge in [0.1, 0.15) is 11.8 Å². The highest BCUT2D eigenvalue weighted by atomic mass is 16.5. The second kappa shape index (κ2) is 11.9. The number of hydrogen-bond acceptors (Lipinski definition) is 4. The number of hydrogen-bond donors (Lipinski definition) is 0. The van der Waals surface area contributed by atoms with E-state index in [2.05, 4.69) is 57.3 Å². The first-order valence-electron chi connectivity index (χ1n) is 15.2. The van der Waals surface area contributed by atoms with Crippen LogP contribution in [-0.2, 0) is 4.79 Å². The Bertz CT molecular complexity index is 1370. The molecule has 0 unspecified atom stereocenters. The number of amides is 1. The summed E-state index contributed by atoms with van der Waals surface area (Å²) < 4.78 is 7.43. The minimum Gasteiger partial charge on any atom is -0.495 e. The minimum absolute atomic E-state index is 0.134. The molecule has 3 aliphatic rings. The van der Waals surface area contributed by atoms with Crippen molar-refractivity contribution in [3.8, 4) is 22.9 Å². The lowest BCUT2D eigenvalue weighted by Gasteiger charge is -2.35. The Kier molecular flexibility index (Phi) is 7.91. The van der Waals surface area contributed by atoms with E-state index >= 15 is 0 Å². The number of rotatable bonds is 8. The summed E-state index contributed by atoms with van der Waals surface area (Å²) in [4.78, 5) is 16.1. The summed E-state index contributed by atoms with van der Waals surface area (Å²) >= 11 is 0. The van der Waals surface area contributed by atoms with Gasteiger partial charge in [0, 0.05) is 29.9 Å². The zero-order valence-corrected chi connectivity index (χ0v) is 23.6. The van der Waals surface area contributed by atoms with Crippen LogP contribution >= 0.6 is 0 Å². The van der Waals surface area contributed by atoms with Gasteiger partial charge in [-0.1, -0.05) is 37.5 Å². The predicted octanol–water partition coefficient (Wildman–Crippen LogP) is 7.65. The fourth-order valence-corrected chi connectivity index (χ4v) is 6.78. The molecule has 3 aromatic rings. The normalized spacial score (nSPS) is 21.5. The third-order valence-corrected chi connectivity index (χ3v) is 9.34. The maximum absolute atomic E-state index is 14.0. The maximum Gasteiger partial charge on any atom is 0.230 e. The average Bonchev–Trinajstić information content (AvgIpc) is 3.75. The number of methoxy groups -OCH3 is 1. The van der Waals surface area contributed by atoms with Gasteiger partial charge in [-0.05, 0) is 98.6 Å². The smallest absolute Gasteiger partial charge is 0.230 e. The third-order valence-electron chi connectivity index (χ3n) is 9.34. The van der Waals surface area contributed by atoms with Crippen LogP contribution < -0.4 is 9.64 Å². The molecule has 2 aromatic carbocycles. The summed E-state index contributed by atoms with van der Waals surface area (Å²) in [5, 5.41) is 14.1. The SMILES string of the molecule is COc1ccc(C2CCC(CN(C(=O)C3CCCCC3)c3cccc(-c4cnn(C5CC5)c4)c3)CC2)cc1C#N. The van der Waals surface area contributed by atoms with E-state index < -0.39 is 0 Å². The van der Waals surface area contributed by atoms with Crippen LogP contribution in [0.15, 0.2) is 54.9 Å². The van der Waals surface area contributed by atoms with Crippen LogP contribution in [0.1, 0.15) is 93.7 Å². The maximum atomic E-state index is 14.0. The van der Waals surface area contributed by atoms with E-state index in [0.717, 1.165) is 74.7 Å². The first kappa shape index (κ1) is 26.6. The van der Waals surface area contributed by atoms with Gasteiger partial charge in [-0.15, -0.1) is 0 Å². The summed E-state index contributed by atoms with van der Waals surface area (Å²) in [7, 11) is 1.61. The van der Waals surface area contributed by atoms with Crippen molar-refractivity contribution >= 4 is 11.6 Å². The molecule has 1 heterocycles.